The van der Waals surface area contributed by atoms with Crippen molar-refractivity contribution >= 4 is 28.2 Å². The van der Waals surface area contributed by atoms with E-state index in [4.69, 9.17) is 10.5 Å². The van der Waals surface area contributed by atoms with Crippen molar-refractivity contribution in [2.45, 2.75) is 45.2 Å². The number of nitrogens with zero attached hydrogens (tertiary/aromatic N) is 2. The van der Waals surface area contributed by atoms with Crippen molar-refractivity contribution in [3.05, 3.63) is 4.88 Å². The van der Waals surface area contributed by atoms with Crippen molar-refractivity contribution in [2.24, 2.45) is 0 Å². The van der Waals surface area contributed by atoms with Gasteiger partial charge in [0.05, 0.1) is 6.61 Å². The first kappa shape index (κ1) is 16.0. The summed E-state index contributed by atoms with van der Waals surface area (Å²) in [4.78, 5) is 19.5. The summed E-state index contributed by atoms with van der Waals surface area (Å²) in [6.07, 6.45) is 3.27. The maximum absolute atomic E-state index is 12.7. The number of hydrogen-bond donors (Lipinski definition) is 2. The molecule has 1 aliphatic rings. The van der Waals surface area contributed by atoms with E-state index in [1.54, 1.807) is 7.11 Å². The van der Waals surface area contributed by atoms with Crippen LogP contribution in [0.3, 0.4) is 0 Å². The Kier molecular flexibility index (Phi) is 5.41. The molecule has 2 atom stereocenters. The Hall–Kier alpha value is -1.34. The second-order valence-corrected chi connectivity index (χ2v) is 6.49. The number of nitrogens with two attached hydrogens (primary N) is 1. The summed E-state index contributed by atoms with van der Waals surface area (Å²) in [7, 11) is 1.64. The number of amides is 1. The second kappa shape index (κ2) is 7.09. The maximum atomic E-state index is 12.7. The van der Waals surface area contributed by atoms with Crippen molar-refractivity contribution in [1.82, 2.24) is 9.88 Å². The third kappa shape index (κ3) is 3.65. The van der Waals surface area contributed by atoms with Crippen molar-refractivity contribution in [2.75, 3.05) is 31.3 Å². The van der Waals surface area contributed by atoms with E-state index in [0.29, 0.717) is 29.0 Å². The van der Waals surface area contributed by atoms with Gasteiger partial charge in [0.1, 0.15) is 10.7 Å². The first-order valence-corrected chi connectivity index (χ1v) is 8.18. The smallest absolute Gasteiger partial charge is 0.268 e. The number of methoxy groups -OCH3 is 1. The average Bonchev–Trinajstić information content (AvgIpc) is 2.80. The quantitative estimate of drug-likeness (QED) is 0.815. The summed E-state index contributed by atoms with van der Waals surface area (Å²) in [6, 6.07) is 0.514. The Morgan fingerprint density at radius 3 is 2.76 bits per heavy atom. The number of rotatable bonds is 5. The van der Waals surface area contributed by atoms with E-state index in [9.17, 15) is 4.79 Å². The molecule has 2 heterocycles. The molecule has 0 aliphatic carbocycles. The Morgan fingerprint density at radius 1 is 1.48 bits per heavy atom. The van der Waals surface area contributed by atoms with Crippen LogP contribution in [0.2, 0.25) is 0 Å². The van der Waals surface area contributed by atoms with Crippen molar-refractivity contribution in [3.63, 3.8) is 0 Å². The minimum absolute atomic E-state index is 0.00416. The molecule has 1 saturated heterocycles. The molecule has 3 N–H and O–H groups in total. The molecule has 1 aromatic heterocycles. The predicted octanol–water partition coefficient (Wildman–Crippen LogP) is 2.19. The average molecular weight is 312 g/mol. The lowest BCUT2D eigenvalue weighted by Crippen LogP contribution is -2.47. The number of nitrogen functional groups attached to an aromatic ring is 1. The number of carbonyl (C=O) groups is 1. The van der Waals surface area contributed by atoms with Gasteiger partial charge in [0.2, 0.25) is 0 Å². The predicted molar refractivity (Wildman–Crippen MR) is 85.8 cm³/mol. The van der Waals surface area contributed by atoms with Crippen LogP contribution in [0.15, 0.2) is 0 Å². The number of anilines is 2. The number of thiazole rings is 1. The summed E-state index contributed by atoms with van der Waals surface area (Å²) < 4.78 is 4.98. The second-order valence-electron chi connectivity index (χ2n) is 5.49. The standard InChI is InChI=1S/C14H24N4O2S/c1-9-5-4-6-10(2)18(9)13(19)11-12(15)17-14(21-11)16-7-8-20-3/h9-10H,4-8,15H2,1-3H3,(H,16,17)/t9-,10+. The molecule has 0 aromatic carbocycles. The lowest BCUT2D eigenvalue weighted by atomic mass is 9.97. The molecule has 0 unspecified atom stereocenters. The fraction of sp³-hybridized carbons (Fsp3) is 0.714. The van der Waals surface area contributed by atoms with Crippen LogP contribution >= 0.6 is 11.3 Å². The van der Waals surface area contributed by atoms with Crippen LogP contribution in [0.1, 0.15) is 42.8 Å². The molecule has 0 spiro atoms. The summed E-state index contributed by atoms with van der Waals surface area (Å²) >= 11 is 1.32. The Labute approximate surface area is 129 Å². The van der Waals surface area contributed by atoms with Gasteiger partial charge >= 0.3 is 0 Å². The molecule has 1 amide bonds. The first-order chi connectivity index (χ1) is 10.0. The van der Waals surface area contributed by atoms with Crippen molar-refractivity contribution in [1.29, 1.82) is 0 Å². The molecule has 0 bridgehead atoms. The number of piperidine rings is 1. The van der Waals surface area contributed by atoms with E-state index in [-0.39, 0.29) is 18.0 Å². The summed E-state index contributed by atoms with van der Waals surface area (Å²) in [6.45, 7) is 5.43. The SMILES string of the molecule is COCCNc1nc(N)c(C(=O)N2[C@H](C)CCC[C@@H]2C)s1. The number of likely N-dealkylation sites (tertiary alicyclic amines) is 1. The van der Waals surface area contributed by atoms with Crippen LogP contribution in [0.5, 0.6) is 0 Å². The van der Waals surface area contributed by atoms with Gasteiger partial charge in [0.25, 0.3) is 5.91 Å². The fourth-order valence-corrected chi connectivity index (χ4v) is 3.61. The van der Waals surface area contributed by atoms with Crippen LogP contribution in [0.4, 0.5) is 10.9 Å². The highest BCUT2D eigenvalue weighted by atomic mass is 32.1. The van der Waals surface area contributed by atoms with E-state index < -0.39 is 0 Å². The summed E-state index contributed by atoms with van der Waals surface area (Å²) in [5, 5.41) is 3.79. The molecule has 1 aliphatic heterocycles. The highest BCUT2D eigenvalue weighted by molar-refractivity contribution is 7.18. The number of hydrogen-bond acceptors (Lipinski definition) is 6. The monoisotopic (exact) mass is 312 g/mol. The van der Waals surface area contributed by atoms with Gasteiger partial charge in [-0.2, -0.15) is 0 Å². The van der Waals surface area contributed by atoms with Crippen LogP contribution in [0, 0.1) is 0 Å². The molecule has 21 heavy (non-hydrogen) atoms. The van der Waals surface area contributed by atoms with Gasteiger partial charge in [-0.3, -0.25) is 4.79 Å². The molecule has 118 valence electrons. The molecule has 1 aromatic rings. The first-order valence-electron chi connectivity index (χ1n) is 7.36. The van der Waals surface area contributed by atoms with Gasteiger partial charge in [-0.05, 0) is 33.1 Å². The molecule has 6 nitrogen and oxygen atoms in total. The van der Waals surface area contributed by atoms with Crippen molar-refractivity contribution in [3.8, 4) is 0 Å². The number of ether oxygens (including phenoxy) is 1. The molecule has 0 radical (unpaired) electrons. The summed E-state index contributed by atoms with van der Waals surface area (Å²) in [5.74, 6) is 0.319. The van der Waals surface area contributed by atoms with E-state index in [1.165, 1.54) is 17.8 Å². The van der Waals surface area contributed by atoms with Gasteiger partial charge in [0.15, 0.2) is 5.13 Å². The van der Waals surface area contributed by atoms with E-state index in [1.807, 2.05) is 4.90 Å². The Bertz CT molecular complexity index is 481. The Balaban J connectivity index is 2.11. The van der Waals surface area contributed by atoms with E-state index in [0.717, 1.165) is 12.8 Å². The van der Waals surface area contributed by atoms with Gasteiger partial charge in [-0.15, -0.1) is 0 Å². The fourth-order valence-electron chi connectivity index (χ4n) is 2.76. The molecule has 7 heteroatoms. The maximum Gasteiger partial charge on any atom is 0.268 e. The molecule has 0 saturated carbocycles. The van der Waals surface area contributed by atoms with Gasteiger partial charge in [-0.25, -0.2) is 4.98 Å². The molecule has 2 rings (SSSR count). The topological polar surface area (TPSA) is 80.5 Å². The number of carbonyl (C=O) groups excluding carboxylic acids is 1. The molecular weight excluding hydrogens is 288 g/mol. The number of nitrogens with one attached hydrogen (secondary N) is 1. The van der Waals surface area contributed by atoms with Crippen molar-refractivity contribution < 1.29 is 9.53 Å². The summed E-state index contributed by atoms with van der Waals surface area (Å²) in [5.41, 5.74) is 5.92. The van der Waals surface area contributed by atoms with Gasteiger partial charge in [0, 0.05) is 25.7 Å². The highest BCUT2D eigenvalue weighted by Crippen LogP contribution is 2.30. The third-order valence-corrected chi connectivity index (χ3v) is 4.87. The lowest BCUT2D eigenvalue weighted by Gasteiger charge is -2.38. The van der Waals surface area contributed by atoms with E-state index >= 15 is 0 Å². The third-order valence-electron chi connectivity index (χ3n) is 3.86. The largest absolute Gasteiger partial charge is 0.383 e. The minimum Gasteiger partial charge on any atom is -0.383 e. The van der Waals surface area contributed by atoms with Gasteiger partial charge < -0.3 is 20.7 Å². The van der Waals surface area contributed by atoms with Crippen LogP contribution in [0.25, 0.3) is 0 Å². The molecular formula is C14H24N4O2S. The zero-order valence-electron chi connectivity index (χ0n) is 12.9. The minimum atomic E-state index is 0.00416. The van der Waals surface area contributed by atoms with Crippen LogP contribution in [-0.2, 0) is 4.74 Å². The van der Waals surface area contributed by atoms with E-state index in [2.05, 4.69) is 24.1 Å². The Morgan fingerprint density at radius 2 is 2.14 bits per heavy atom. The van der Waals surface area contributed by atoms with Gasteiger partial charge in [-0.1, -0.05) is 11.3 Å². The zero-order chi connectivity index (χ0) is 15.4. The highest BCUT2D eigenvalue weighted by Gasteiger charge is 2.32. The van der Waals surface area contributed by atoms with Crippen LogP contribution < -0.4 is 11.1 Å². The van der Waals surface area contributed by atoms with Crippen LogP contribution in [-0.4, -0.2) is 48.1 Å². The molecule has 1 fully saturated rings. The number of aromatic nitrogens is 1. The zero-order valence-corrected chi connectivity index (χ0v) is 13.7. The normalized spacial score (nSPS) is 22.3. The lowest BCUT2D eigenvalue weighted by molar-refractivity contribution is 0.0516.